The summed E-state index contributed by atoms with van der Waals surface area (Å²) in [6.45, 7) is 3.85. The Hall–Kier alpha value is -2.99. The molecular formula is C22H25ClF3N3O5S. The zero-order valence-corrected chi connectivity index (χ0v) is 20.8. The lowest BCUT2D eigenvalue weighted by Crippen LogP contribution is -2.39. The Morgan fingerprint density at radius 2 is 1.86 bits per heavy atom. The van der Waals surface area contributed by atoms with Crippen LogP contribution in [0, 0.1) is 0 Å². The molecule has 0 fully saturated rings. The minimum absolute atomic E-state index is 0.270. The number of hydrogen-bond donors (Lipinski definition) is 1. The number of ether oxygens (including phenoxy) is 2. The molecule has 0 saturated carbocycles. The highest BCUT2D eigenvalue weighted by Gasteiger charge is 2.33. The van der Waals surface area contributed by atoms with E-state index in [1.54, 1.807) is 18.2 Å². The number of amides is 1. The average molecular weight is 536 g/mol. The van der Waals surface area contributed by atoms with Gasteiger partial charge < -0.3 is 9.47 Å². The number of sulfonamides is 1. The average Bonchev–Trinajstić information content (AvgIpc) is 2.76. The lowest BCUT2D eigenvalue weighted by Gasteiger charge is -2.23. The minimum atomic E-state index is -4.73. The predicted molar refractivity (Wildman–Crippen MR) is 128 cm³/mol. The second kappa shape index (κ2) is 12.1. The molecule has 1 N–H and O–H groups in total. The van der Waals surface area contributed by atoms with Crippen molar-refractivity contribution in [3.63, 3.8) is 0 Å². The lowest BCUT2D eigenvalue weighted by atomic mass is 10.2. The van der Waals surface area contributed by atoms with Crippen molar-refractivity contribution in [2.24, 2.45) is 5.10 Å². The van der Waals surface area contributed by atoms with Gasteiger partial charge in [-0.3, -0.25) is 9.10 Å². The van der Waals surface area contributed by atoms with Crippen LogP contribution in [0.3, 0.4) is 0 Å². The summed E-state index contributed by atoms with van der Waals surface area (Å²) >= 11 is 5.94. The van der Waals surface area contributed by atoms with Crippen LogP contribution in [-0.4, -0.2) is 46.6 Å². The Kier molecular flexibility index (Phi) is 9.78. The van der Waals surface area contributed by atoms with Gasteiger partial charge in [0.05, 0.1) is 42.0 Å². The Morgan fingerprint density at radius 1 is 1.14 bits per heavy atom. The second-order valence-corrected chi connectivity index (χ2v) is 9.53. The molecule has 2 aromatic rings. The summed E-state index contributed by atoms with van der Waals surface area (Å²) in [7, 11) is -4.16. The van der Waals surface area contributed by atoms with Crippen molar-refractivity contribution in [1.82, 2.24) is 5.43 Å². The summed E-state index contributed by atoms with van der Waals surface area (Å²) in [5.41, 5.74) is 1.12. The van der Waals surface area contributed by atoms with Crippen LogP contribution < -0.4 is 19.2 Å². The number of hydrazone groups is 1. The maximum atomic E-state index is 13.1. The number of halogens is 4. The van der Waals surface area contributed by atoms with Gasteiger partial charge >= 0.3 is 6.18 Å². The van der Waals surface area contributed by atoms with Gasteiger partial charge in [-0.05, 0) is 55.3 Å². The number of alkyl halides is 3. The minimum Gasteiger partial charge on any atom is -0.490 e. The van der Waals surface area contributed by atoms with Crippen LogP contribution in [0.25, 0.3) is 0 Å². The van der Waals surface area contributed by atoms with Crippen LogP contribution in [0.1, 0.15) is 31.4 Å². The molecule has 2 rings (SSSR count). The number of carbonyl (C=O) groups excluding carboxylic acids is 1. The van der Waals surface area contributed by atoms with Gasteiger partial charge in [-0.2, -0.15) is 18.3 Å². The van der Waals surface area contributed by atoms with E-state index in [2.05, 4.69) is 10.5 Å². The van der Waals surface area contributed by atoms with Gasteiger partial charge in [0.1, 0.15) is 6.54 Å². The van der Waals surface area contributed by atoms with E-state index in [0.717, 1.165) is 18.7 Å². The second-order valence-electron chi connectivity index (χ2n) is 7.21. The number of nitrogens with one attached hydrogen (secondary N) is 1. The molecular weight excluding hydrogens is 511 g/mol. The van der Waals surface area contributed by atoms with E-state index in [4.69, 9.17) is 21.1 Å². The number of rotatable bonds is 11. The molecule has 0 aliphatic carbocycles. The summed E-state index contributed by atoms with van der Waals surface area (Å²) in [6.07, 6.45) is -1.87. The molecule has 0 atom stereocenters. The van der Waals surface area contributed by atoms with Crippen LogP contribution in [-0.2, 0) is 21.0 Å². The number of nitrogens with zero attached hydrogens (tertiary/aromatic N) is 2. The third kappa shape index (κ3) is 8.32. The normalized spacial score (nSPS) is 12.0. The van der Waals surface area contributed by atoms with Crippen molar-refractivity contribution in [2.45, 2.75) is 26.4 Å². The summed E-state index contributed by atoms with van der Waals surface area (Å²) in [5, 5.41) is 3.52. The summed E-state index contributed by atoms with van der Waals surface area (Å²) < 4.78 is 75.3. The van der Waals surface area contributed by atoms with Crippen molar-refractivity contribution < 1.29 is 35.9 Å². The summed E-state index contributed by atoms with van der Waals surface area (Å²) in [6, 6.07) is 7.20. The lowest BCUT2D eigenvalue weighted by molar-refractivity contribution is -0.137. The van der Waals surface area contributed by atoms with E-state index in [1.165, 1.54) is 6.21 Å². The summed E-state index contributed by atoms with van der Waals surface area (Å²) in [4.78, 5) is 12.4. The molecule has 0 unspecified atom stereocenters. The van der Waals surface area contributed by atoms with Gasteiger partial charge in [0, 0.05) is 0 Å². The van der Waals surface area contributed by atoms with Crippen molar-refractivity contribution in [1.29, 1.82) is 0 Å². The zero-order chi connectivity index (χ0) is 26.2. The molecule has 0 aliphatic rings. The van der Waals surface area contributed by atoms with Gasteiger partial charge in [0.15, 0.2) is 11.5 Å². The smallest absolute Gasteiger partial charge is 0.416 e. The van der Waals surface area contributed by atoms with E-state index in [0.29, 0.717) is 46.7 Å². The van der Waals surface area contributed by atoms with Gasteiger partial charge in [-0.1, -0.05) is 18.5 Å². The molecule has 13 heteroatoms. The quantitative estimate of drug-likeness (QED) is 0.338. The Labute approximate surface area is 206 Å². The fraction of sp³-hybridized carbons (Fsp3) is 0.364. The number of carbonyl (C=O) groups is 1. The number of benzene rings is 2. The molecule has 2 aromatic carbocycles. The Balaban J connectivity index is 2.18. The van der Waals surface area contributed by atoms with Crippen molar-refractivity contribution >= 4 is 39.4 Å². The number of hydrogen-bond acceptors (Lipinski definition) is 6. The standard InChI is InChI=1S/C22H25ClF3N3O5S/c1-4-10-34-19-9-6-15(11-20(19)33-5-2)13-27-28-21(30)14-29(35(3,31)32)18-12-16(22(24,25)26)7-8-17(18)23/h6-9,11-13H,4-5,10,14H2,1-3H3,(H,28,30)/b27-13-. The Morgan fingerprint density at radius 3 is 2.46 bits per heavy atom. The molecule has 8 nitrogen and oxygen atoms in total. The maximum absolute atomic E-state index is 13.1. The Bertz CT molecular complexity index is 1170. The molecule has 35 heavy (non-hydrogen) atoms. The highest BCUT2D eigenvalue weighted by atomic mass is 35.5. The topological polar surface area (TPSA) is 97.3 Å². The fourth-order valence-corrected chi connectivity index (χ4v) is 3.94. The third-order valence-electron chi connectivity index (χ3n) is 4.36. The van der Waals surface area contributed by atoms with E-state index < -0.39 is 39.9 Å². The van der Waals surface area contributed by atoms with Crippen molar-refractivity contribution in [3.05, 3.63) is 52.5 Å². The van der Waals surface area contributed by atoms with Crippen LogP contribution in [0.4, 0.5) is 18.9 Å². The van der Waals surface area contributed by atoms with Crippen LogP contribution in [0.15, 0.2) is 41.5 Å². The van der Waals surface area contributed by atoms with Crippen molar-refractivity contribution in [2.75, 3.05) is 30.3 Å². The largest absolute Gasteiger partial charge is 0.490 e. The summed E-state index contributed by atoms with van der Waals surface area (Å²) in [5.74, 6) is 0.142. The first-order valence-corrected chi connectivity index (χ1v) is 12.7. The van der Waals surface area contributed by atoms with Gasteiger partial charge in [-0.15, -0.1) is 0 Å². The molecule has 1 amide bonds. The van der Waals surface area contributed by atoms with Gasteiger partial charge in [0.25, 0.3) is 5.91 Å². The third-order valence-corrected chi connectivity index (χ3v) is 5.81. The highest BCUT2D eigenvalue weighted by Crippen LogP contribution is 2.36. The molecule has 0 heterocycles. The molecule has 192 valence electrons. The first kappa shape index (κ1) is 28.2. The molecule has 0 saturated heterocycles. The van der Waals surface area contributed by atoms with E-state index in [-0.39, 0.29) is 5.02 Å². The molecule has 0 bridgehead atoms. The predicted octanol–water partition coefficient (Wildman–Crippen LogP) is 4.46. The monoisotopic (exact) mass is 535 g/mol. The SMILES string of the molecule is CCCOc1ccc(/C=N\NC(=O)CN(c2cc(C(F)(F)F)ccc2Cl)S(C)(=O)=O)cc1OCC. The fourth-order valence-electron chi connectivity index (χ4n) is 2.81. The molecule has 0 aromatic heterocycles. The zero-order valence-electron chi connectivity index (χ0n) is 19.2. The van der Waals surface area contributed by atoms with E-state index >= 15 is 0 Å². The molecule has 0 aliphatic heterocycles. The molecule has 0 spiro atoms. The first-order chi connectivity index (χ1) is 16.4. The van der Waals surface area contributed by atoms with Crippen LogP contribution in [0.5, 0.6) is 11.5 Å². The van der Waals surface area contributed by atoms with E-state index in [9.17, 15) is 26.4 Å². The van der Waals surface area contributed by atoms with Crippen LogP contribution in [0.2, 0.25) is 5.02 Å². The van der Waals surface area contributed by atoms with Crippen molar-refractivity contribution in [3.8, 4) is 11.5 Å². The highest BCUT2D eigenvalue weighted by molar-refractivity contribution is 7.92. The maximum Gasteiger partial charge on any atom is 0.416 e. The van der Waals surface area contributed by atoms with E-state index in [1.807, 2.05) is 13.8 Å². The van der Waals surface area contributed by atoms with Crippen LogP contribution >= 0.6 is 11.6 Å². The first-order valence-electron chi connectivity index (χ1n) is 10.4. The van der Waals surface area contributed by atoms with Gasteiger partial charge in [-0.25, -0.2) is 13.8 Å². The van der Waals surface area contributed by atoms with Gasteiger partial charge in [0.2, 0.25) is 10.0 Å². The number of anilines is 1. The molecule has 0 radical (unpaired) electrons.